The lowest BCUT2D eigenvalue weighted by Crippen LogP contribution is -2.29. The Kier molecular flexibility index (Phi) is 7.26. The summed E-state index contributed by atoms with van der Waals surface area (Å²) in [4.78, 5) is 18.8. The Hall–Kier alpha value is -4.37. The van der Waals surface area contributed by atoms with E-state index in [1.165, 1.54) is 0 Å². The Morgan fingerprint density at radius 1 is 1.10 bits per heavy atom. The summed E-state index contributed by atoms with van der Waals surface area (Å²) < 4.78 is 7.83. The van der Waals surface area contributed by atoms with E-state index >= 15 is 0 Å². The normalized spacial score (nSPS) is 16.7. The average molecular weight is 542 g/mol. The minimum absolute atomic E-state index is 0.0887. The molecule has 9 heteroatoms. The Morgan fingerprint density at radius 2 is 1.85 bits per heavy atom. The third kappa shape index (κ3) is 4.93. The molecule has 8 nitrogen and oxygen atoms in total. The lowest BCUT2D eigenvalue weighted by molar-refractivity contribution is -0.115. The van der Waals surface area contributed by atoms with Crippen LogP contribution in [0, 0.1) is 13.8 Å². The predicted octanol–water partition coefficient (Wildman–Crippen LogP) is 5.73. The van der Waals surface area contributed by atoms with Gasteiger partial charge in [-0.15, -0.1) is 0 Å². The van der Waals surface area contributed by atoms with Gasteiger partial charge in [-0.2, -0.15) is 0 Å². The summed E-state index contributed by atoms with van der Waals surface area (Å²) in [6.45, 7) is 5.97. The van der Waals surface area contributed by atoms with Crippen molar-refractivity contribution in [1.82, 2.24) is 14.9 Å². The number of benzene rings is 2. The Bertz CT molecular complexity index is 1520. The van der Waals surface area contributed by atoms with E-state index in [1.807, 2.05) is 55.5 Å². The first-order valence-electron chi connectivity index (χ1n) is 12.8. The maximum atomic E-state index is 12.1. The molecule has 2 aromatic carbocycles. The van der Waals surface area contributed by atoms with Gasteiger partial charge in [0, 0.05) is 41.4 Å². The van der Waals surface area contributed by atoms with E-state index < -0.39 is 0 Å². The van der Waals surface area contributed by atoms with Gasteiger partial charge in [0.1, 0.15) is 11.5 Å². The number of carbonyl (C=O) groups excluding carboxylic acids is 1. The number of thiocarbonyl (C=S) groups is 1. The first-order chi connectivity index (χ1) is 18.8. The smallest absolute Gasteiger partial charge is 0.224 e. The SMILES string of the molecule is CCC(=O)Nc1ccc(N2C(=S)N[C@H](c3ccccn3)[C@@H]2c2cc(C)n(-c3ccc(O)cc3)c2C)cc1OC. The number of aromatic hydroxyl groups is 1. The van der Waals surface area contributed by atoms with Crippen LogP contribution in [0.25, 0.3) is 5.69 Å². The van der Waals surface area contributed by atoms with Crippen LogP contribution < -0.4 is 20.3 Å². The van der Waals surface area contributed by atoms with E-state index in [4.69, 9.17) is 17.0 Å². The molecule has 0 spiro atoms. The van der Waals surface area contributed by atoms with E-state index in [1.54, 1.807) is 25.4 Å². The minimum atomic E-state index is -0.217. The zero-order chi connectivity index (χ0) is 27.7. The number of phenolic OH excluding ortho intramolecular Hbond substituents is 1. The Labute approximate surface area is 233 Å². The van der Waals surface area contributed by atoms with Gasteiger partial charge in [-0.3, -0.25) is 9.78 Å². The fourth-order valence-corrected chi connectivity index (χ4v) is 5.55. The third-order valence-electron chi connectivity index (χ3n) is 7.05. The third-order valence-corrected chi connectivity index (χ3v) is 7.37. The maximum Gasteiger partial charge on any atom is 0.224 e. The van der Waals surface area contributed by atoms with Crippen molar-refractivity contribution in [1.29, 1.82) is 0 Å². The van der Waals surface area contributed by atoms with Gasteiger partial charge in [-0.05, 0) is 86.2 Å². The number of nitrogens with one attached hydrogen (secondary N) is 2. The van der Waals surface area contributed by atoms with Gasteiger partial charge in [-0.1, -0.05) is 13.0 Å². The standard InChI is InChI=1S/C30H31N5O3S/c1-5-27(37)32-24-14-11-21(17-26(24)38-4)35-29(28(33-30(35)39)25-8-6-7-15-31-25)23-16-18(2)34(19(23)3)20-9-12-22(36)13-10-20/h6-17,28-29,36H,5H2,1-4H3,(H,32,37)(H,33,39)/t28-,29+/m1/s1. The number of aryl methyl sites for hydroxylation is 1. The van der Waals surface area contributed by atoms with Crippen LogP contribution in [0.5, 0.6) is 11.5 Å². The highest BCUT2D eigenvalue weighted by Crippen LogP contribution is 2.45. The van der Waals surface area contributed by atoms with Crippen molar-refractivity contribution in [3.63, 3.8) is 0 Å². The molecule has 1 aliphatic heterocycles. The van der Waals surface area contributed by atoms with E-state index in [0.717, 1.165) is 34.0 Å². The molecule has 0 saturated carbocycles. The van der Waals surface area contributed by atoms with Crippen molar-refractivity contribution in [3.05, 3.63) is 95.6 Å². The second-order valence-electron chi connectivity index (χ2n) is 9.46. The minimum Gasteiger partial charge on any atom is -0.508 e. The molecule has 200 valence electrons. The molecule has 3 N–H and O–H groups in total. The molecular weight excluding hydrogens is 510 g/mol. The van der Waals surface area contributed by atoms with Gasteiger partial charge in [0.2, 0.25) is 5.91 Å². The molecule has 2 atom stereocenters. The van der Waals surface area contributed by atoms with Crippen LogP contribution in [0.4, 0.5) is 11.4 Å². The molecule has 4 aromatic rings. The number of rotatable bonds is 7. The number of amides is 1. The number of pyridine rings is 1. The van der Waals surface area contributed by atoms with Crippen molar-refractivity contribution < 1.29 is 14.6 Å². The van der Waals surface area contributed by atoms with Crippen molar-refractivity contribution in [2.45, 2.75) is 39.3 Å². The van der Waals surface area contributed by atoms with Crippen LogP contribution in [0.1, 0.15) is 48.1 Å². The van der Waals surface area contributed by atoms with Crippen LogP contribution in [-0.2, 0) is 4.79 Å². The van der Waals surface area contributed by atoms with Crippen LogP contribution in [0.2, 0.25) is 0 Å². The van der Waals surface area contributed by atoms with Crippen LogP contribution in [0.3, 0.4) is 0 Å². The molecule has 5 rings (SSSR count). The molecule has 3 heterocycles. The summed E-state index contributed by atoms with van der Waals surface area (Å²) in [5.41, 5.74) is 6.47. The number of aromatic nitrogens is 2. The van der Waals surface area contributed by atoms with Crippen LogP contribution in [-0.4, -0.2) is 32.8 Å². The maximum absolute atomic E-state index is 12.1. The van der Waals surface area contributed by atoms with Crippen molar-refractivity contribution >= 4 is 34.6 Å². The van der Waals surface area contributed by atoms with E-state index in [0.29, 0.717) is 23.0 Å². The quantitative estimate of drug-likeness (QED) is 0.258. The first kappa shape index (κ1) is 26.2. The lowest BCUT2D eigenvalue weighted by atomic mass is 9.96. The molecule has 39 heavy (non-hydrogen) atoms. The summed E-state index contributed by atoms with van der Waals surface area (Å²) in [5, 5.41) is 16.8. The van der Waals surface area contributed by atoms with E-state index in [2.05, 4.69) is 45.0 Å². The van der Waals surface area contributed by atoms with Gasteiger partial charge >= 0.3 is 0 Å². The molecule has 0 aliphatic carbocycles. The molecule has 1 saturated heterocycles. The number of hydrogen-bond acceptors (Lipinski definition) is 5. The molecule has 0 radical (unpaired) electrons. The number of carbonyl (C=O) groups is 1. The highest BCUT2D eigenvalue weighted by Gasteiger charge is 2.42. The number of anilines is 2. The second kappa shape index (κ2) is 10.8. The lowest BCUT2D eigenvalue weighted by Gasteiger charge is -2.29. The van der Waals surface area contributed by atoms with Crippen molar-refractivity contribution in [2.24, 2.45) is 0 Å². The summed E-state index contributed by atoms with van der Waals surface area (Å²) in [7, 11) is 1.58. The highest BCUT2D eigenvalue weighted by atomic mass is 32.1. The van der Waals surface area contributed by atoms with Crippen LogP contribution >= 0.6 is 12.2 Å². The molecule has 1 fully saturated rings. The van der Waals surface area contributed by atoms with Crippen LogP contribution in [0.15, 0.2) is 72.9 Å². The topological polar surface area (TPSA) is 91.7 Å². The van der Waals surface area contributed by atoms with Gasteiger partial charge in [0.15, 0.2) is 5.11 Å². The second-order valence-corrected chi connectivity index (χ2v) is 9.85. The monoisotopic (exact) mass is 541 g/mol. The van der Waals surface area contributed by atoms with E-state index in [9.17, 15) is 9.90 Å². The van der Waals surface area contributed by atoms with Gasteiger partial charge < -0.3 is 29.9 Å². The molecule has 2 aromatic heterocycles. The zero-order valence-corrected chi connectivity index (χ0v) is 23.1. The van der Waals surface area contributed by atoms with Gasteiger partial charge in [-0.25, -0.2) is 0 Å². The summed E-state index contributed by atoms with van der Waals surface area (Å²) >= 11 is 5.91. The predicted molar refractivity (Wildman–Crippen MR) is 157 cm³/mol. The van der Waals surface area contributed by atoms with Crippen molar-refractivity contribution in [2.75, 3.05) is 17.3 Å². The largest absolute Gasteiger partial charge is 0.508 e. The fraction of sp³-hybridized carbons (Fsp3) is 0.233. The zero-order valence-electron chi connectivity index (χ0n) is 22.3. The summed E-state index contributed by atoms with van der Waals surface area (Å²) in [6.07, 6.45) is 2.16. The number of hydrogen-bond donors (Lipinski definition) is 3. The molecule has 0 bridgehead atoms. The molecular formula is C30H31N5O3S. The molecule has 1 aliphatic rings. The summed E-state index contributed by atoms with van der Waals surface area (Å²) in [5.74, 6) is 0.682. The van der Waals surface area contributed by atoms with Gasteiger partial charge in [0.25, 0.3) is 0 Å². The van der Waals surface area contributed by atoms with Crippen molar-refractivity contribution in [3.8, 4) is 17.2 Å². The van der Waals surface area contributed by atoms with E-state index in [-0.39, 0.29) is 23.7 Å². The van der Waals surface area contributed by atoms with Gasteiger partial charge in [0.05, 0.1) is 30.6 Å². The molecule has 0 unspecified atom stereocenters. The summed E-state index contributed by atoms with van der Waals surface area (Å²) in [6, 6.07) is 20.5. The highest BCUT2D eigenvalue weighted by molar-refractivity contribution is 7.80. The fourth-order valence-electron chi connectivity index (χ4n) is 5.21. The Balaban J connectivity index is 1.64. The molecule has 1 amide bonds. The number of methoxy groups -OCH3 is 1. The number of ether oxygens (including phenoxy) is 1. The first-order valence-corrected chi connectivity index (χ1v) is 13.2. The average Bonchev–Trinajstić information content (AvgIpc) is 3.44. The number of nitrogens with zero attached hydrogens (tertiary/aromatic N) is 3. The number of phenols is 1. The Morgan fingerprint density at radius 3 is 2.51 bits per heavy atom.